The van der Waals surface area contributed by atoms with Gasteiger partial charge in [-0.15, -0.1) is 0 Å². The Morgan fingerprint density at radius 2 is 2.25 bits per heavy atom. The highest BCUT2D eigenvalue weighted by Crippen LogP contribution is 2.31. The van der Waals surface area contributed by atoms with Gasteiger partial charge in [-0.05, 0) is 24.6 Å². The minimum Gasteiger partial charge on any atom is -0.491 e. The zero-order valence-corrected chi connectivity index (χ0v) is 9.96. The molecule has 1 N–H and O–H groups in total. The molecule has 1 aromatic rings. The van der Waals surface area contributed by atoms with Gasteiger partial charge in [-0.2, -0.15) is 0 Å². The molecule has 1 heterocycles. The molecule has 1 saturated heterocycles. The van der Waals surface area contributed by atoms with Crippen molar-refractivity contribution in [2.75, 3.05) is 26.4 Å². The maximum atomic E-state index is 9.25. The van der Waals surface area contributed by atoms with Crippen LogP contribution in [0.5, 0.6) is 5.75 Å². The first-order chi connectivity index (χ1) is 7.65. The molecule has 1 aromatic carbocycles. The molecule has 0 aromatic heterocycles. The second-order valence-electron chi connectivity index (χ2n) is 4.37. The van der Waals surface area contributed by atoms with Crippen molar-refractivity contribution in [3.05, 3.63) is 28.8 Å². The molecule has 0 aliphatic carbocycles. The molecule has 2 rings (SSSR count). The van der Waals surface area contributed by atoms with Gasteiger partial charge in [-0.25, -0.2) is 0 Å². The van der Waals surface area contributed by atoms with Crippen LogP contribution >= 0.6 is 11.6 Å². The molecular formula is C12H15ClO3. The molecule has 4 heteroatoms. The third kappa shape index (κ3) is 2.32. The molecule has 3 nitrogen and oxygen atoms in total. The Kier molecular flexibility index (Phi) is 3.38. The number of rotatable bonds is 4. The van der Waals surface area contributed by atoms with Crippen LogP contribution in [-0.4, -0.2) is 31.5 Å². The molecule has 0 amide bonds. The minimum absolute atomic E-state index is 0.0798. The van der Waals surface area contributed by atoms with E-state index in [1.165, 1.54) is 0 Å². The molecular weight excluding hydrogens is 228 g/mol. The van der Waals surface area contributed by atoms with Crippen molar-refractivity contribution < 1.29 is 14.6 Å². The Morgan fingerprint density at radius 3 is 2.81 bits per heavy atom. The normalized spacial score (nSPS) is 17.9. The monoisotopic (exact) mass is 242 g/mol. The third-order valence-corrected chi connectivity index (χ3v) is 3.08. The van der Waals surface area contributed by atoms with Gasteiger partial charge >= 0.3 is 0 Å². The van der Waals surface area contributed by atoms with Crippen molar-refractivity contribution >= 4 is 11.6 Å². The average Bonchev–Trinajstić information content (AvgIpc) is 2.22. The fourth-order valence-corrected chi connectivity index (χ4v) is 1.74. The molecule has 1 aliphatic rings. The van der Waals surface area contributed by atoms with E-state index in [9.17, 15) is 5.11 Å². The molecule has 0 spiro atoms. The van der Waals surface area contributed by atoms with Crippen LogP contribution in [0.1, 0.15) is 5.56 Å². The lowest BCUT2D eigenvalue weighted by molar-refractivity contribution is -0.153. The van der Waals surface area contributed by atoms with Gasteiger partial charge in [0.2, 0.25) is 0 Å². The minimum atomic E-state index is -0.243. The predicted octanol–water partition coefficient (Wildman–Crippen LogP) is 2.04. The number of hydrogen-bond acceptors (Lipinski definition) is 3. The molecule has 1 fully saturated rings. The summed E-state index contributed by atoms with van der Waals surface area (Å²) in [5.74, 6) is 0.668. The van der Waals surface area contributed by atoms with Gasteiger partial charge in [0, 0.05) is 0 Å². The van der Waals surface area contributed by atoms with Gasteiger partial charge in [0.25, 0.3) is 0 Å². The highest BCUT2D eigenvalue weighted by atomic mass is 35.5. The van der Waals surface area contributed by atoms with Gasteiger partial charge in [0.05, 0.1) is 30.3 Å². The summed E-state index contributed by atoms with van der Waals surface area (Å²) >= 11 is 6.01. The van der Waals surface area contributed by atoms with E-state index in [1.54, 1.807) is 0 Å². The summed E-state index contributed by atoms with van der Waals surface area (Å²) in [6.07, 6.45) is 0. The Morgan fingerprint density at radius 1 is 1.50 bits per heavy atom. The zero-order chi connectivity index (χ0) is 11.6. The first-order valence-corrected chi connectivity index (χ1v) is 5.61. The van der Waals surface area contributed by atoms with E-state index in [0.717, 1.165) is 5.56 Å². The number of aryl methyl sites for hydroxylation is 1. The van der Waals surface area contributed by atoms with E-state index in [2.05, 4.69) is 0 Å². The summed E-state index contributed by atoms with van der Waals surface area (Å²) in [5, 5.41) is 9.84. The molecule has 0 radical (unpaired) electrons. The Bertz CT molecular complexity index is 369. The van der Waals surface area contributed by atoms with Crippen LogP contribution in [-0.2, 0) is 4.74 Å². The topological polar surface area (TPSA) is 38.7 Å². The predicted molar refractivity (Wildman–Crippen MR) is 62.0 cm³/mol. The quantitative estimate of drug-likeness (QED) is 0.878. The highest BCUT2D eigenvalue weighted by molar-refractivity contribution is 6.32. The van der Waals surface area contributed by atoms with Crippen LogP contribution in [0.2, 0.25) is 5.02 Å². The Balaban J connectivity index is 2.01. The van der Waals surface area contributed by atoms with Crippen molar-refractivity contribution in [3.8, 4) is 5.75 Å². The number of benzene rings is 1. The number of aliphatic hydroxyl groups excluding tert-OH is 1. The van der Waals surface area contributed by atoms with Gasteiger partial charge in [0.1, 0.15) is 12.4 Å². The summed E-state index contributed by atoms with van der Waals surface area (Å²) in [5.41, 5.74) is 0.856. The number of hydrogen-bond donors (Lipinski definition) is 1. The van der Waals surface area contributed by atoms with Crippen LogP contribution in [0, 0.1) is 12.3 Å². The van der Waals surface area contributed by atoms with E-state index in [4.69, 9.17) is 21.1 Å². The summed E-state index contributed by atoms with van der Waals surface area (Å²) in [6, 6.07) is 5.64. The first-order valence-electron chi connectivity index (χ1n) is 5.23. The lowest BCUT2D eigenvalue weighted by atomic mass is 9.88. The summed E-state index contributed by atoms with van der Waals surface area (Å²) in [6.45, 7) is 3.60. The van der Waals surface area contributed by atoms with Crippen molar-refractivity contribution in [3.63, 3.8) is 0 Å². The molecule has 0 bridgehead atoms. The fraction of sp³-hybridized carbons (Fsp3) is 0.500. The van der Waals surface area contributed by atoms with E-state index < -0.39 is 0 Å². The molecule has 88 valence electrons. The van der Waals surface area contributed by atoms with Gasteiger partial charge in [0.15, 0.2) is 0 Å². The molecule has 0 unspecified atom stereocenters. The summed E-state index contributed by atoms with van der Waals surface area (Å²) < 4.78 is 10.7. The fourth-order valence-electron chi connectivity index (χ4n) is 1.56. The van der Waals surface area contributed by atoms with Crippen molar-refractivity contribution in [1.29, 1.82) is 0 Å². The van der Waals surface area contributed by atoms with Gasteiger partial charge in [-0.1, -0.05) is 17.7 Å². The van der Waals surface area contributed by atoms with Crippen LogP contribution in [0.15, 0.2) is 18.2 Å². The SMILES string of the molecule is Cc1ccc(Cl)c(OCC2(CO)COC2)c1. The first kappa shape index (κ1) is 11.7. The lowest BCUT2D eigenvalue weighted by Crippen LogP contribution is -2.49. The van der Waals surface area contributed by atoms with Gasteiger partial charge in [-0.3, -0.25) is 0 Å². The van der Waals surface area contributed by atoms with Crippen LogP contribution in [0.25, 0.3) is 0 Å². The average molecular weight is 243 g/mol. The van der Waals surface area contributed by atoms with E-state index in [1.807, 2.05) is 25.1 Å². The highest BCUT2D eigenvalue weighted by Gasteiger charge is 2.39. The number of aliphatic hydroxyl groups is 1. The van der Waals surface area contributed by atoms with Crippen molar-refractivity contribution in [2.45, 2.75) is 6.92 Å². The maximum Gasteiger partial charge on any atom is 0.138 e. The van der Waals surface area contributed by atoms with E-state index in [0.29, 0.717) is 30.6 Å². The lowest BCUT2D eigenvalue weighted by Gasteiger charge is -2.39. The van der Waals surface area contributed by atoms with Crippen molar-refractivity contribution in [1.82, 2.24) is 0 Å². The van der Waals surface area contributed by atoms with Crippen molar-refractivity contribution in [2.24, 2.45) is 5.41 Å². The number of ether oxygens (including phenoxy) is 2. The largest absolute Gasteiger partial charge is 0.491 e. The molecule has 0 atom stereocenters. The van der Waals surface area contributed by atoms with E-state index in [-0.39, 0.29) is 12.0 Å². The van der Waals surface area contributed by atoms with E-state index >= 15 is 0 Å². The van der Waals surface area contributed by atoms with Gasteiger partial charge < -0.3 is 14.6 Å². The smallest absolute Gasteiger partial charge is 0.138 e. The molecule has 0 saturated carbocycles. The third-order valence-electron chi connectivity index (χ3n) is 2.77. The second-order valence-corrected chi connectivity index (χ2v) is 4.78. The zero-order valence-electron chi connectivity index (χ0n) is 9.20. The standard InChI is InChI=1S/C12H15ClO3/c1-9-2-3-10(13)11(4-9)16-8-12(5-14)6-15-7-12/h2-4,14H,5-8H2,1H3. The van der Waals surface area contributed by atoms with Crippen LogP contribution in [0.4, 0.5) is 0 Å². The Hall–Kier alpha value is -0.770. The molecule has 1 aliphatic heterocycles. The van der Waals surface area contributed by atoms with Crippen LogP contribution < -0.4 is 4.74 Å². The summed E-state index contributed by atoms with van der Waals surface area (Å²) in [4.78, 5) is 0. The Labute approximate surface area is 99.9 Å². The number of halogens is 1. The second kappa shape index (κ2) is 4.62. The van der Waals surface area contributed by atoms with Crippen LogP contribution in [0.3, 0.4) is 0 Å². The maximum absolute atomic E-state index is 9.25. The summed E-state index contributed by atoms with van der Waals surface area (Å²) in [7, 11) is 0. The molecule has 16 heavy (non-hydrogen) atoms.